The number of ether oxygens (including phenoxy) is 1. The lowest BCUT2D eigenvalue weighted by molar-refractivity contribution is 0.0491. The normalized spacial score (nSPS) is 17.2. The van der Waals surface area contributed by atoms with Gasteiger partial charge in [-0.05, 0) is 39.5 Å². The first kappa shape index (κ1) is 23.3. The summed E-state index contributed by atoms with van der Waals surface area (Å²) in [6.45, 7) is 10.4. The molecule has 1 unspecified atom stereocenters. The van der Waals surface area contributed by atoms with Crippen molar-refractivity contribution in [2.45, 2.75) is 78.0 Å². The van der Waals surface area contributed by atoms with Crippen molar-refractivity contribution < 1.29 is 9.53 Å². The number of alkyl carbamates (subject to hydrolysis) is 1. The Kier molecular flexibility index (Phi) is 10.7. The van der Waals surface area contributed by atoms with Gasteiger partial charge in [-0.15, -0.1) is 24.0 Å². The van der Waals surface area contributed by atoms with Crippen LogP contribution in [0.15, 0.2) is 4.99 Å². The summed E-state index contributed by atoms with van der Waals surface area (Å²) in [5.41, 5.74) is -0.487. The van der Waals surface area contributed by atoms with Gasteiger partial charge in [0.05, 0.1) is 6.04 Å². The topological polar surface area (TPSA) is 74.8 Å². The molecule has 7 heteroatoms. The van der Waals surface area contributed by atoms with Crippen LogP contribution in [0.2, 0.25) is 0 Å². The summed E-state index contributed by atoms with van der Waals surface area (Å²) >= 11 is 0. The van der Waals surface area contributed by atoms with Crippen LogP contribution in [0.25, 0.3) is 0 Å². The SMILES string of the molecule is CN=C(NCC(NC(=O)OC(C)(C)C)C(C)C)NC1CCCC1.I. The molecule has 0 aromatic rings. The molecule has 1 fully saturated rings. The van der Waals surface area contributed by atoms with E-state index in [2.05, 4.69) is 34.8 Å². The highest BCUT2D eigenvalue weighted by Gasteiger charge is 2.22. The smallest absolute Gasteiger partial charge is 0.407 e. The zero-order chi connectivity index (χ0) is 17.5. The molecule has 6 nitrogen and oxygen atoms in total. The van der Waals surface area contributed by atoms with E-state index in [0.29, 0.717) is 18.5 Å². The van der Waals surface area contributed by atoms with Crippen molar-refractivity contribution in [2.24, 2.45) is 10.9 Å². The van der Waals surface area contributed by atoms with Gasteiger partial charge in [-0.1, -0.05) is 26.7 Å². The lowest BCUT2D eigenvalue weighted by Crippen LogP contribution is -2.51. The van der Waals surface area contributed by atoms with Gasteiger partial charge >= 0.3 is 6.09 Å². The van der Waals surface area contributed by atoms with Crippen LogP contribution in [0.5, 0.6) is 0 Å². The molecular formula is C17H35IN4O2. The number of aliphatic imine (C=N–C) groups is 1. The quantitative estimate of drug-likeness (QED) is 0.339. The van der Waals surface area contributed by atoms with Gasteiger partial charge < -0.3 is 20.7 Å². The Labute approximate surface area is 164 Å². The third-order valence-corrected chi connectivity index (χ3v) is 3.92. The molecule has 1 aliphatic carbocycles. The van der Waals surface area contributed by atoms with Gasteiger partial charge in [0.15, 0.2) is 5.96 Å². The van der Waals surface area contributed by atoms with Gasteiger partial charge in [0, 0.05) is 19.6 Å². The van der Waals surface area contributed by atoms with Gasteiger partial charge in [-0.2, -0.15) is 0 Å². The minimum atomic E-state index is -0.487. The van der Waals surface area contributed by atoms with Crippen molar-refractivity contribution in [3.05, 3.63) is 0 Å². The van der Waals surface area contributed by atoms with Crippen molar-refractivity contribution in [2.75, 3.05) is 13.6 Å². The van der Waals surface area contributed by atoms with Crippen LogP contribution < -0.4 is 16.0 Å². The molecule has 1 amide bonds. The average molecular weight is 454 g/mol. The fourth-order valence-electron chi connectivity index (χ4n) is 2.58. The number of amides is 1. The van der Waals surface area contributed by atoms with Gasteiger partial charge in [-0.25, -0.2) is 4.79 Å². The third-order valence-electron chi connectivity index (χ3n) is 3.92. The monoisotopic (exact) mass is 454 g/mol. The number of guanidine groups is 1. The van der Waals surface area contributed by atoms with Crippen LogP contribution in [-0.4, -0.2) is 43.3 Å². The fraction of sp³-hybridized carbons (Fsp3) is 0.882. The van der Waals surface area contributed by atoms with Gasteiger partial charge in [0.1, 0.15) is 5.60 Å². The molecule has 1 saturated carbocycles. The largest absolute Gasteiger partial charge is 0.444 e. The maximum absolute atomic E-state index is 12.0. The van der Waals surface area contributed by atoms with Gasteiger partial charge in [-0.3, -0.25) is 4.99 Å². The summed E-state index contributed by atoms with van der Waals surface area (Å²) in [7, 11) is 1.77. The predicted octanol–water partition coefficient (Wildman–Crippen LogP) is 3.26. The number of rotatable bonds is 5. The average Bonchev–Trinajstić information content (AvgIpc) is 2.92. The molecule has 0 saturated heterocycles. The Morgan fingerprint density at radius 3 is 2.29 bits per heavy atom. The van der Waals surface area contributed by atoms with Crippen molar-refractivity contribution in [3.63, 3.8) is 0 Å². The molecule has 1 aliphatic rings. The zero-order valence-electron chi connectivity index (χ0n) is 15.9. The number of nitrogens with zero attached hydrogens (tertiary/aromatic N) is 1. The fourth-order valence-corrected chi connectivity index (χ4v) is 2.58. The number of halogens is 1. The summed E-state index contributed by atoms with van der Waals surface area (Å²) in [6.07, 6.45) is 4.58. The maximum Gasteiger partial charge on any atom is 0.407 e. The Morgan fingerprint density at radius 2 is 1.83 bits per heavy atom. The van der Waals surface area contributed by atoms with E-state index in [9.17, 15) is 4.79 Å². The van der Waals surface area contributed by atoms with E-state index in [0.717, 1.165) is 5.96 Å². The molecule has 0 spiro atoms. The van der Waals surface area contributed by atoms with Crippen LogP contribution >= 0.6 is 24.0 Å². The highest BCUT2D eigenvalue weighted by molar-refractivity contribution is 14.0. The van der Waals surface area contributed by atoms with E-state index in [1.54, 1.807) is 7.05 Å². The molecule has 0 radical (unpaired) electrons. The number of hydrogen-bond acceptors (Lipinski definition) is 3. The van der Waals surface area contributed by atoms with Crippen LogP contribution in [0.1, 0.15) is 60.3 Å². The van der Waals surface area contributed by atoms with Crippen molar-refractivity contribution in [3.8, 4) is 0 Å². The van der Waals surface area contributed by atoms with Crippen molar-refractivity contribution >= 4 is 36.0 Å². The lowest BCUT2D eigenvalue weighted by Gasteiger charge is -2.27. The molecule has 3 N–H and O–H groups in total. The van der Waals surface area contributed by atoms with Gasteiger partial charge in [0.25, 0.3) is 0 Å². The summed E-state index contributed by atoms with van der Waals surface area (Å²) in [5.74, 6) is 1.09. The molecular weight excluding hydrogens is 419 g/mol. The number of carbonyl (C=O) groups excluding carboxylic acids is 1. The first-order chi connectivity index (χ1) is 10.7. The van der Waals surface area contributed by atoms with E-state index in [1.807, 2.05) is 20.8 Å². The summed E-state index contributed by atoms with van der Waals surface area (Å²) < 4.78 is 5.34. The van der Waals surface area contributed by atoms with E-state index in [1.165, 1.54) is 25.7 Å². The van der Waals surface area contributed by atoms with E-state index < -0.39 is 5.60 Å². The third kappa shape index (κ3) is 9.54. The van der Waals surface area contributed by atoms with Crippen molar-refractivity contribution in [1.82, 2.24) is 16.0 Å². The summed E-state index contributed by atoms with van der Waals surface area (Å²) in [4.78, 5) is 16.2. The first-order valence-electron chi connectivity index (χ1n) is 8.68. The van der Waals surface area contributed by atoms with E-state index in [4.69, 9.17) is 4.74 Å². The van der Waals surface area contributed by atoms with Crippen LogP contribution in [0.3, 0.4) is 0 Å². The van der Waals surface area contributed by atoms with Gasteiger partial charge in [0.2, 0.25) is 0 Å². The molecule has 0 aliphatic heterocycles. The lowest BCUT2D eigenvalue weighted by atomic mass is 10.0. The van der Waals surface area contributed by atoms with Crippen LogP contribution in [0, 0.1) is 5.92 Å². The molecule has 0 aromatic heterocycles. The molecule has 142 valence electrons. The summed E-state index contributed by atoms with van der Waals surface area (Å²) in [5, 5.41) is 9.70. The molecule has 24 heavy (non-hydrogen) atoms. The zero-order valence-corrected chi connectivity index (χ0v) is 18.3. The Hall–Kier alpha value is -0.730. The second-order valence-corrected chi connectivity index (χ2v) is 7.58. The second-order valence-electron chi connectivity index (χ2n) is 7.58. The van der Waals surface area contributed by atoms with E-state index >= 15 is 0 Å². The van der Waals surface area contributed by atoms with Crippen LogP contribution in [0.4, 0.5) is 4.79 Å². The maximum atomic E-state index is 12.0. The minimum Gasteiger partial charge on any atom is -0.444 e. The molecule has 0 bridgehead atoms. The highest BCUT2D eigenvalue weighted by Crippen LogP contribution is 2.17. The first-order valence-corrected chi connectivity index (χ1v) is 8.68. The molecule has 1 atom stereocenters. The van der Waals surface area contributed by atoms with Crippen molar-refractivity contribution in [1.29, 1.82) is 0 Å². The second kappa shape index (κ2) is 11.0. The van der Waals surface area contributed by atoms with E-state index in [-0.39, 0.29) is 36.1 Å². The molecule has 0 aromatic carbocycles. The Bertz CT molecular complexity index is 402. The number of hydrogen-bond donors (Lipinski definition) is 3. The Morgan fingerprint density at radius 1 is 1.25 bits per heavy atom. The Balaban J connectivity index is 0.00000529. The predicted molar refractivity (Wildman–Crippen MR) is 110 cm³/mol. The summed E-state index contributed by atoms with van der Waals surface area (Å²) in [6, 6.07) is 0.490. The number of carbonyl (C=O) groups is 1. The minimum absolute atomic E-state index is 0. The van der Waals surface area contributed by atoms with Crippen LogP contribution in [-0.2, 0) is 4.74 Å². The number of nitrogens with one attached hydrogen (secondary N) is 3. The standard InChI is InChI=1S/C17H34N4O2.HI/c1-12(2)14(21-16(22)23-17(3,4)5)11-19-15(18-6)20-13-9-7-8-10-13;/h12-14H,7-11H2,1-6H3,(H,21,22)(H2,18,19,20);1H. The molecule has 0 heterocycles. The highest BCUT2D eigenvalue weighted by atomic mass is 127. The molecule has 1 rings (SSSR count).